The Morgan fingerprint density at radius 1 is 1.11 bits per heavy atom. The first-order chi connectivity index (χ1) is 12.6. The SMILES string of the molecule is CN=C(NCCc1nc(C)c(C)s1)NCCc1c(C)[nH]c2ccccc12.I. The van der Waals surface area contributed by atoms with E-state index in [-0.39, 0.29) is 24.0 Å². The number of aliphatic imine (C=N–C) groups is 1. The largest absolute Gasteiger partial charge is 0.358 e. The molecule has 0 saturated heterocycles. The van der Waals surface area contributed by atoms with Crippen molar-refractivity contribution in [3.8, 4) is 0 Å². The third kappa shape index (κ3) is 5.44. The van der Waals surface area contributed by atoms with Gasteiger partial charge in [0.1, 0.15) is 0 Å². The van der Waals surface area contributed by atoms with Gasteiger partial charge in [-0.25, -0.2) is 4.98 Å². The van der Waals surface area contributed by atoms with Crippen LogP contribution in [0.3, 0.4) is 0 Å². The summed E-state index contributed by atoms with van der Waals surface area (Å²) >= 11 is 1.78. The maximum Gasteiger partial charge on any atom is 0.191 e. The molecule has 0 fully saturated rings. The Morgan fingerprint density at radius 2 is 1.81 bits per heavy atom. The molecule has 3 aromatic rings. The van der Waals surface area contributed by atoms with Gasteiger partial charge in [0.05, 0.1) is 10.7 Å². The Balaban J connectivity index is 0.00000261. The summed E-state index contributed by atoms with van der Waals surface area (Å²) in [5.74, 6) is 0.840. The number of hydrogen-bond acceptors (Lipinski definition) is 3. The number of aromatic nitrogens is 2. The maximum absolute atomic E-state index is 4.58. The number of aromatic amines is 1. The average molecular weight is 497 g/mol. The van der Waals surface area contributed by atoms with Crippen molar-refractivity contribution in [2.75, 3.05) is 20.1 Å². The molecule has 0 unspecified atom stereocenters. The highest BCUT2D eigenvalue weighted by Gasteiger charge is 2.08. The standard InChI is InChI=1S/C20H27N5S.HI/c1-13-15(3)26-19(25-13)10-12-23-20(21-4)22-11-9-16-14(2)24-18-8-6-5-7-17(16)18;/h5-8,24H,9-12H2,1-4H3,(H2,21,22,23);1H. The van der Waals surface area contributed by atoms with Crippen LogP contribution in [-0.4, -0.2) is 36.1 Å². The van der Waals surface area contributed by atoms with Crippen LogP contribution in [0.5, 0.6) is 0 Å². The van der Waals surface area contributed by atoms with Gasteiger partial charge in [-0.15, -0.1) is 35.3 Å². The predicted molar refractivity (Wildman–Crippen MR) is 127 cm³/mol. The van der Waals surface area contributed by atoms with Crippen LogP contribution in [0.1, 0.15) is 26.8 Å². The van der Waals surface area contributed by atoms with Crippen molar-refractivity contribution >= 4 is 52.2 Å². The lowest BCUT2D eigenvalue weighted by atomic mass is 10.1. The summed E-state index contributed by atoms with van der Waals surface area (Å²) in [6.07, 6.45) is 1.88. The van der Waals surface area contributed by atoms with Crippen LogP contribution in [0.15, 0.2) is 29.3 Å². The monoisotopic (exact) mass is 497 g/mol. The van der Waals surface area contributed by atoms with Crippen LogP contribution in [0.4, 0.5) is 0 Å². The number of H-pyrrole nitrogens is 1. The van der Waals surface area contributed by atoms with Crippen LogP contribution in [-0.2, 0) is 12.8 Å². The molecule has 27 heavy (non-hydrogen) atoms. The molecular weight excluding hydrogens is 469 g/mol. The molecule has 0 amide bonds. The van der Waals surface area contributed by atoms with E-state index in [0.717, 1.165) is 37.6 Å². The summed E-state index contributed by atoms with van der Waals surface area (Å²) in [7, 11) is 1.81. The number of aryl methyl sites for hydroxylation is 3. The summed E-state index contributed by atoms with van der Waals surface area (Å²) in [6, 6.07) is 8.47. The van der Waals surface area contributed by atoms with Gasteiger partial charge in [-0.05, 0) is 38.8 Å². The fourth-order valence-corrected chi connectivity index (χ4v) is 4.05. The van der Waals surface area contributed by atoms with Gasteiger partial charge in [0.25, 0.3) is 0 Å². The Bertz CT molecular complexity index is 893. The normalized spacial score (nSPS) is 11.5. The topological polar surface area (TPSA) is 65.1 Å². The van der Waals surface area contributed by atoms with E-state index in [1.165, 1.54) is 32.0 Å². The van der Waals surface area contributed by atoms with Crippen molar-refractivity contribution in [1.29, 1.82) is 0 Å². The molecule has 0 aliphatic heterocycles. The molecule has 1 aromatic carbocycles. The van der Waals surface area contributed by atoms with Crippen LogP contribution >= 0.6 is 35.3 Å². The zero-order chi connectivity index (χ0) is 18.5. The fourth-order valence-electron chi connectivity index (χ4n) is 3.12. The lowest BCUT2D eigenvalue weighted by molar-refractivity contribution is 0.781. The van der Waals surface area contributed by atoms with Crippen molar-refractivity contribution in [3.63, 3.8) is 0 Å². The molecule has 2 heterocycles. The Morgan fingerprint density at radius 3 is 2.48 bits per heavy atom. The molecule has 0 radical (unpaired) electrons. The van der Waals surface area contributed by atoms with E-state index in [1.54, 1.807) is 11.3 Å². The third-order valence-electron chi connectivity index (χ3n) is 4.62. The molecule has 0 saturated carbocycles. The van der Waals surface area contributed by atoms with E-state index in [0.29, 0.717) is 0 Å². The zero-order valence-electron chi connectivity index (χ0n) is 16.3. The van der Waals surface area contributed by atoms with Gasteiger partial charge in [0.15, 0.2) is 5.96 Å². The van der Waals surface area contributed by atoms with E-state index >= 15 is 0 Å². The molecule has 5 nitrogen and oxygen atoms in total. The van der Waals surface area contributed by atoms with Crippen molar-refractivity contribution in [2.45, 2.75) is 33.6 Å². The van der Waals surface area contributed by atoms with E-state index in [1.807, 2.05) is 7.05 Å². The van der Waals surface area contributed by atoms with E-state index in [2.05, 4.69) is 70.6 Å². The third-order valence-corrected chi connectivity index (χ3v) is 5.75. The number of benzene rings is 1. The van der Waals surface area contributed by atoms with Crippen LogP contribution in [0.2, 0.25) is 0 Å². The Labute approximate surface area is 182 Å². The van der Waals surface area contributed by atoms with Gasteiger partial charge in [0.2, 0.25) is 0 Å². The lowest BCUT2D eigenvalue weighted by Crippen LogP contribution is -2.39. The first-order valence-electron chi connectivity index (χ1n) is 9.02. The first-order valence-corrected chi connectivity index (χ1v) is 9.83. The molecule has 7 heteroatoms. The summed E-state index contributed by atoms with van der Waals surface area (Å²) in [5.41, 5.74) is 4.96. The van der Waals surface area contributed by atoms with E-state index in [4.69, 9.17) is 0 Å². The van der Waals surface area contributed by atoms with Gasteiger partial charge >= 0.3 is 0 Å². The Hall–Kier alpha value is -1.61. The van der Waals surface area contributed by atoms with Crippen LogP contribution in [0, 0.1) is 20.8 Å². The van der Waals surface area contributed by atoms with Gasteiger partial charge < -0.3 is 15.6 Å². The van der Waals surface area contributed by atoms with Crippen LogP contribution < -0.4 is 10.6 Å². The molecule has 146 valence electrons. The number of nitrogens with one attached hydrogen (secondary N) is 3. The van der Waals surface area contributed by atoms with Crippen molar-refractivity contribution in [1.82, 2.24) is 20.6 Å². The fraction of sp³-hybridized carbons (Fsp3) is 0.400. The molecule has 0 aliphatic rings. The molecule has 0 bridgehead atoms. The second-order valence-corrected chi connectivity index (χ2v) is 7.74. The van der Waals surface area contributed by atoms with Crippen LogP contribution in [0.25, 0.3) is 10.9 Å². The molecule has 0 aliphatic carbocycles. The number of halogens is 1. The van der Waals surface area contributed by atoms with Gasteiger partial charge in [0, 0.05) is 48.0 Å². The molecule has 3 N–H and O–H groups in total. The highest BCUT2D eigenvalue weighted by molar-refractivity contribution is 14.0. The van der Waals surface area contributed by atoms with Crippen molar-refractivity contribution in [3.05, 3.63) is 51.1 Å². The number of guanidine groups is 1. The number of thiazole rings is 1. The number of hydrogen-bond donors (Lipinski definition) is 3. The summed E-state index contributed by atoms with van der Waals surface area (Å²) in [4.78, 5) is 13.7. The smallest absolute Gasteiger partial charge is 0.191 e. The molecule has 2 aromatic heterocycles. The first kappa shape index (κ1) is 21.7. The quantitative estimate of drug-likeness (QED) is 0.273. The minimum atomic E-state index is 0. The lowest BCUT2D eigenvalue weighted by Gasteiger charge is -2.11. The molecule has 0 spiro atoms. The van der Waals surface area contributed by atoms with Crippen molar-refractivity contribution in [2.24, 2.45) is 4.99 Å². The average Bonchev–Trinajstić information content (AvgIpc) is 3.12. The number of fused-ring (bicyclic) bond motifs is 1. The predicted octanol–water partition coefficient (Wildman–Crippen LogP) is 4.12. The zero-order valence-corrected chi connectivity index (χ0v) is 19.5. The van der Waals surface area contributed by atoms with Crippen molar-refractivity contribution < 1.29 is 0 Å². The highest BCUT2D eigenvalue weighted by Crippen LogP contribution is 2.21. The molecule has 0 atom stereocenters. The van der Waals surface area contributed by atoms with Gasteiger partial charge in [-0.3, -0.25) is 4.99 Å². The number of nitrogens with zero attached hydrogens (tertiary/aromatic N) is 2. The summed E-state index contributed by atoms with van der Waals surface area (Å²) in [6.45, 7) is 8.00. The minimum absolute atomic E-state index is 0. The Kier molecular flexibility index (Phi) is 8.09. The molecule has 3 rings (SSSR count). The van der Waals surface area contributed by atoms with E-state index in [9.17, 15) is 0 Å². The second kappa shape index (κ2) is 10.1. The number of para-hydroxylation sites is 1. The summed E-state index contributed by atoms with van der Waals surface area (Å²) in [5, 5.41) is 9.27. The summed E-state index contributed by atoms with van der Waals surface area (Å²) < 4.78 is 0. The number of rotatable bonds is 6. The second-order valence-electron chi connectivity index (χ2n) is 6.45. The highest BCUT2D eigenvalue weighted by atomic mass is 127. The van der Waals surface area contributed by atoms with E-state index < -0.39 is 0 Å². The minimum Gasteiger partial charge on any atom is -0.358 e. The van der Waals surface area contributed by atoms with Gasteiger partial charge in [-0.2, -0.15) is 0 Å². The maximum atomic E-state index is 4.58. The molecular formula is C20H28IN5S. The van der Waals surface area contributed by atoms with Gasteiger partial charge in [-0.1, -0.05) is 18.2 Å².